The third-order valence-corrected chi connectivity index (χ3v) is 2.78. The van der Waals surface area contributed by atoms with Gasteiger partial charge in [0, 0.05) is 25.2 Å². The first-order chi connectivity index (χ1) is 5.78. The number of nitrogens with one attached hydrogen (secondary N) is 2. The van der Waals surface area contributed by atoms with Gasteiger partial charge in [0.2, 0.25) is 0 Å². The number of methoxy groups -OCH3 is 1. The van der Waals surface area contributed by atoms with Crippen molar-refractivity contribution in [3.63, 3.8) is 0 Å². The maximum Gasteiger partial charge on any atom is 0.310 e. The lowest BCUT2D eigenvalue weighted by molar-refractivity contribution is -0.142. The largest absolute Gasteiger partial charge is 0.469 e. The monoisotopic (exact) mass is 170 g/mol. The molecule has 4 nitrogen and oxygen atoms in total. The second-order valence-electron chi connectivity index (χ2n) is 3.54. The molecule has 2 N–H and O–H groups in total. The minimum Gasteiger partial charge on any atom is -0.469 e. The third kappa shape index (κ3) is 1.11. The summed E-state index contributed by atoms with van der Waals surface area (Å²) in [4.78, 5) is 11.2. The zero-order chi connectivity index (χ0) is 8.60. The fourth-order valence-corrected chi connectivity index (χ4v) is 1.92. The van der Waals surface area contributed by atoms with Crippen LogP contribution in [0.2, 0.25) is 0 Å². The zero-order valence-electron chi connectivity index (χ0n) is 7.22. The second kappa shape index (κ2) is 2.71. The minimum atomic E-state index is -0.0776. The van der Waals surface area contributed by atoms with Crippen LogP contribution in [-0.2, 0) is 9.53 Å². The molecule has 0 aromatic heterocycles. The summed E-state index contributed by atoms with van der Waals surface area (Å²) < 4.78 is 4.69. The number of carbonyl (C=O) groups is 1. The second-order valence-corrected chi connectivity index (χ2v) is 3.54. The third-order valence-electron chi connectivity index (χ3n) is 2.78. The lowest BCUT2D eigenvalue weighted by Gasteiger charge is -2.24. The Morgan fingerprint density at radius 1 is 1.58 bits per heavy atom. The quantitative estimate of drug-likeness (QED) is 0.501. The van der Waals surface area contributed by atoms with E-state index in [4.69, 9.17) is 4.74 Å². The van der Waals surface area contributed by atoms with E-state index in [1.165, 1.54) is 7.11 Å². The van der Waals surface area contributed by atoms with Gasteiger partial charge in [-0.2, -0.15) is 0 Å². The van der Waals surface area contributed by atoms with Crippen LogP contribution in [0.3, 0.4) is 0 Å². The minimum absolute atomic E-state index is 0.0331. The average Bonchev–Trinajstić information content (AvgIpc) is 2.80. The van der Waals surface area contributed by atoms with Gasteiger partial charge in [-0.3, -0.25) is 4.79 Å². The predicted molar refractivity (Wildman–Crippen MR) is 43.7 cm³/mol. The van der Waals surface area contributed by atoms with Crippen molar-refractivity contribution in [2.45, 2.75) is 12.0 Å². The maximum absolute atomic E-state index is 11.2. The molecule has 0 aromatic rings. The Balaban J connectivity index is 1.95. The van der Waals surface area contributed by atoms with E-state index in [9.17, 15) is 4.79 Å². The van der Waals surface area contributed by atoms with Crippen molar-refractivity contribution in [2.24, 2.45) is 5.92 Å². The maximum atomic E-state index is 11.2. The van der Waals surface area contributed by atoms with E-state index in [2.05, 4.69) is 10.6 Å². The molecule has 68 valence electrons. The van der Waals surface area contributed by atoms with E-state index in [0.717, 1.165) is 26.1 Å². The van der Waals surface area contributed by atoms with Crippen molar-refractivity contribution in [1.82, 2.24) is 10.6 Å². The smallest absolute Gasteiger partial charge is 0.310 e. The van der Waals surface area contributed by atoms with Crippen LogP contribution in [0.25, 0.3) is 0 Å². The van der Waals surface area contributed by atoms with Gasteiger partial charge >= 0.3 is 5.97 Å². The predicted octanol–water partition coefficient (Wildman–Crippen LogP) is -0.889. The summed E-state index contributed by atoms with van der Waals surface area (Å²) in [7, 11) is 1.45. The summed E-state index contributed by atoms with van der Waals surface area (Å²) in [6.45, 7) is 2.84. The molecule has 4 heteroatoms. The van der Waals surface area contributed by atoms with Crippen molar-refractivity contribution < 1.29 is 9.53 Å². The van der Waals surface area contributed by atoms with Crippen LogP contribution in [0.5, 0.6) is 0 Å². The molecule has 1 aliphatic heterocycles. The molecule has 0 radical (unpaired) electrons. The normalized spacial score (nSPS) is 39.6. The van der Waals surface area contributed by atoms with Gasteiger partial charge in [0.25, 0.3) is 0 Å². The van der Waals surface area contributed by atoms with Crippen LogP contribution in [0.1, 0.15) is 6.42 Å². The van der Waals surface area contributed by atoms with Crippen molar-refractivity contribution >= 4 is 5.97 Å². The highest BCUT2D eigenvalue weighted by atomic mass is 16.5. The fourth-order valence-electron chi connectivity index (χ4n) is 1.92. The number of hydrogen-bond donors (Lipinski definition) is 2. The highest BCUT2D eigenvalue weighted by molar-refractivity contribution is 5.78. The van der Waals surface area contributed by atoms with Gasteiger partial charge in [-0.05, 0) is 6.42 Å². The van der Waals surface area contributed by atoms with Gasteiger partial charge in [0.15, 0.2) is 0 Å². The molecular weight excluding hydrogens is 156 g/mol. The molecule has 0 aromatic carbocycles. The van der Waals surface area contributed by atoms with E-state index < -0.39 is 0 Å². The molecule has 2 unspecified atom stereocenters. The van der Waals surface area contributed by atoms with Crippen molar-refractivity contribution in [1.29, 1.82) is 0 Å². The standard InChI is InChI=1S/C8H14N2O2/c1-12-7(11)6-4-8(6)5-9-2-3-10-8/h6,9-10H,2-5H2,1H3. The van der Waals surface area contributed by atoms with Crippen LogP contribution in [0.4, 0.5) is 0 Å². The molecule has 1 heterocycles. The highest BCUT2D eigenvalue weighted by Crippen LogP contribution is 2.44. The summed E-state index contributed by atoms with van der Waals surface area (Å²) in [5.41, 5.74) is 0.0331. The number of hydrogen-bond acceptors (Lipinski definition) is 4. The molecular formula is C8H14N2O2. The molecule has 1 saturated heterocycles. The van der Waals surface area contributed by atoms with Gasteiger partial charge in [-0.15, -0.1) is 0 Å². The van der Waals surface area contributed by atoms with E-state index in [-0.39, 0.29) is 17.4 Å². The van der Waals surface area contributed by atoms with Crippen LogP contribution < -0.4 is 10.6 Å². The molecule has 1 aliphatic carbocycles. The number of rotatable bonds is 1. The zero-order valence-corrected chi connectivity index (χ0v) is 7.22. The Morgan fingerprint density at radius 2 is 2.42 bits per heavy atom. The first kappa shape index (κ1) is 8.01. The average molecular weight is 170 g/mol. The van der Waals surface area contributed by atoms with Gasteiger partial charge in [0.05, 0.1) is 13.0 Å². The Morgan fingerprint density at radius 3 is 3.00 bits per heavy atom. The Kier molecular flexibility index (Phi) is 1.81. The molecule has 1 saturated carbocycles. The lowest BCUT2D eigenvalue weighted by Crippen LogP contribution is -2.52. The van der Waals surface area contributed by atoms with Crippen molar-refractivity contribution in [2.75, 3.05) is 26.7 Å². The SMILES string of the molecule is COC(=O)C1CC12CNCCN2. The van der Waals surface area contributed by atoms with Gasteiger partial charge < -0.3 is 15.4 Å². The number of piperazine rings is 1. The topological polar surface area (TPSA) is 50.4 Å². The fraction of sp³-hybridized carbons (Fsp3) is 0.875. The van der Waals surface area contributed by atoms with Crippen LogP contribution in [0.15, 0.2) is 0 Å². The summed E-state index contributed by atoms with van der Waals surface area (Å²) in [6.07, 6.45) is 0.923. The number of ether oxygens (including phenoxy) is 1. The molecule has 0 amide bonds. The van der Waals surface area contributed by atoms with Gasteiger partial charge in [-0.1, -0.05) is 0 Å². The van der Waals surface area contributed by atoms with Gasteiger partial charge in [-0.25, -0.2) is 0 Å². The molecule has 12 heavy (non-hydrogen) atoms. The summed E-state index contributed by atoms with van der Waals surface area (Å²) in [5.74, 6) is 0.00139. The number of esters is 1. The van der Waals surface area contributed by atoms with Crippen LogP contribution >= 0.6 is 0 Å². The van der Waals surface area contributed by atoms with E-state index in [1.807, 2.05) is 0 Å². The van der Waals surface area contributed by atoms with Gasteiger partial charge in [0.1, 0.15) is 0 Å². The highest BCUT2D eigenvalue weighted by Gasteiger charge is 2.59. The Hall–Kier alpha value is -0.610. The summed E-state index contributed by atoms with van der Waals surface area (Å²) >= 11 is 0. The number of carbonyl (C=O) groups excluding carboxylic acids is 1. The molecule has 2 aliphatic rings. The molecule has 2 atom stereocenters. The summed E-state index contributed by atoms with van der Waals surface area (Å²) in [5, 5.41) is 6.65. The molecule has 2 rings (SSSR count). The molecule has 0 bridgehead atoms. The molecule has 1 spiro atoms. The van der Waals surface area contributed by atoms with Crippen molar-refractivity contribution in [3.05, 3.63) is 0 Å². The molecule has 2 fully saturated rings. The van der Waals surface area contributed by atoms with Crippen LogP contribution in [-0.4, -0.2) is 38.3 Å². The first-order valence-electron chi connectivity index (χ1n) is 4.32. The summed E-state index contributed by atoms with van der Waals surface area (Å²) in [6, 6.07) is 0. The van der Waals surface area contributed by atoms with E-state index >= 15 is 0 Å². The first-order valence-corrected chi connectivity index (χ1v) is 4.32. The Bertz CT molecular complexity index is 199. The lowest BCUT2D eigenvalue weighted by atomic mass is 10.1. The van der Waals surface area contributed by atoms with Crippen LogP contribution in [0, 0.1) is 5.92 Å². The van der Waals surface area contributed by atoms with E-state index in [0.29, 0.717) is 0 Å². The Labute approximate surface area is 71.7 Å². The van der Waals surface area contributed by atoms with Crippen molar-refractivity contribution in [3.8, 4) is 0 Å². The van der Waals surface area contributed by atoms with E-state index in [1.54, 1.807) is 0 Å².